The van der Waals surface area contributed by atoms with Crippen LogP contribution in [0.2, 0.25) is 0 Å². The Morgan fingerprint density at radius 3 is 2.57 bits per heavy atom. The number of hydrogen-bond acceptors (Lipinski definition) is 6. The molecule has 0 saturated carbocycles. The number of aromatic nitrogens is 1. The number of hydrogen-bond donors (Lipinski definition) is 1. The number of aliphatic hydroxyl groups excluding tert-OH is 1. The van der Waals surface area contributed by atoms with E-state index in [0.717, 1.165) is 0 Å². The number of carbonyl (C=O) groups excluding carboxylic acids is 2. The van der Waals surface area contributed by atoms with Crippen LogP contribution in [0.3, 0.4) is 0 Å². The van der Waals surface area contributed by atoms with Gasteiger partial charge < -0.3 is 14.3 Å². The number of ketones is 1. The molecule has 0 bridgehead atoms. The highest BCUT2D eigenvalue weighted by atomic mass is 16.5. The lowest BCUT2D eigenvalue weighted by molar-refractivity contribution is -0.117. The van der Waals surface area contributed by atoms with Crippen LogP contribution >= 0.6 is 0 Å². The third-order valence-corrected chi connectivity index (χ3v) is 4.55. The number of benzene rings is 1. The molecule has 7 nitrogen and oxygen atoms in total. The Morgan fingerprint density at radius 1 is 1.18 bits per heavy atom. The summed E-state index contributed by atoms with van der Waals surface area (Å²) in [7, 11) is 1.54. The fourth-order valence-electron chi connectivity index (χ4n) is 3.24. The predicted octanol–water partition coefficient (Wildman–Crippen LogP) is 3.47. The molecule has 1 aliphatic heterocycles. The molecule has 0 spiro atoms. The average Bonchev–Trinajstić information content (AvgIpc) is 3.36. The molecule has 140 valence electrons. The Labute approximate surface area is 160 Å². The van der Waals surface area contributed by atoms with Crippen molar-refractivity contribution < 1.29 is 23.8 Å². The van der Waals surface area contributed by atoms with E-state index in [-0.39, 0.29) is 11.3 Å². The number of amides is 1. The highest BCUT2D eigenvalue weighted by Gasteiger charge is 2.45. The number of carbonyl (C=O) groups is 2. The number of aliphatic hydroxyl groups is 1. The zero-order valence-corrected chi connectivity index (χ0v) is 14.9. The summed E-state index contributed by atoms with van der Waals surface area (Å²) in [5.41, 5.74) is 1.04. The van der Waals surface area contributed by atoms with Crippen LogP contribution in [0.15, 0.2) is 82.9 Å². The van der Waals surface area contributed by atoms with Gasteiger partial charge in [0.1, 0.15) is 5.75 Å². The van der Waals surface area contributed by atoms with Gasteiger partial charge in [0.25, 0.3) is 5.91 Å². The molecule has 0 saturated heterocycles. The molecule has 1 amide bonds. The standard InChI is InChI=1S/C21H16N2O5/c1-27-15-8-6-14(7-9-15)23-18(13-4-2-10-22-12-13)17(20(25)21(23)26)19(24)16-5-3-11-28-16/h2-12,18,25H,1H3. The van der Waals surface area contributed by atoms with Crippen LogP contribution < -0.4 is 9.64 Å². The van der Waals surface area contributed by atoms with E-state index < -0.39 is 23.5 Å². The molecule has 7 heteroatoms. The lowest BCUT2D eigenvalue weighted by Crippen LogP contribution is -2.31. The zero-order valence-electron chi connectivity index (χ0n) is 14.9. The van der Waals surface area contributed by atoms with Gasteiger partial charge in [-0.1, -0.05) is 6.07 Å². The third kappa shape index (κ3) is 2.83. The fourth-order valence-corrected chi connectivity index (χ4v) is 3.24. The number of pyridine rings is 1. The minimum Gasteiger partial charge on any atom is -0.503 e. The maximum atomic E-state index is 13.0. The van der Waals surface area contributed by atoms with Gasteiger partial charge in [-0.15, -0.1) is 0 Å². The van der Waals surface area contributed by atoms with E-state index in [4.69, 9.17) is 9.15 Å². The van der Waals surface area contributed by atoms with Crippen LogP contribution in [0, 0.1) is 0 Å². The largest absolute Gasteiger partial charge is 0.503 e. The number of methoxy groups -OCH3 is 1. The van der Waals surface area contributed by atoms with Crippen molar-refractivity contribution in [1.29, 1.82) is 0 Å². The van der Waals surface area contributed by atoms with Crippen molar-refractivity contribution in [3.8, 4) is 5.75 Å². The molecule has 2 aromatic heterocycles. The normalized spacial score (nSPS) is 16.5. The molecule has 0 aliphatic carbocycles. The lowest BCUT2D eigenvalue weighted by atomic mass is 9.96. The molecule has 1 aromatic carbocycles. The Kier molecular flexibility index (Phi) is 4.41. The number of furan rings is 1. The number of Topliss-reactive ketones (excluding diaryl/α,β-unsaturated/α-hetero) is 1. The summed E-state index contributed by atoms with van der Waals surface area (Å²) in [5.74, 6) is -1.17. The molecule has 3 aromatic rings. The minimum atomic E-state index is -0.841. The molecule has 1 atom stereocenters. The van der Waals surface area contributed by atoms with E-state index in [0.29, 0.717) is 17.0 Å². The Balaban J connectivity index is 1.85. The van der Waals surface area contributed by atoms with Gasteiger partial charge in [0.05, 0.1) is 25.0 Å². The topological polar surface area (TPSA) is 92.9 Å². The van der Waals surface area contributed by atoms with Crippen LogP contribution in [-0.4, -0.2) is 28.9 Å². The van der Waals surface area contributed by atoms with Crippen molar-refractivity contribution >= 4 is 17.4 Å². The summed E-state index contributed by atoms with van der Waals surface area (Å²) in [5, 5.41) is 10.6. The number of nitrogens with zero attached hydrogens (tertiary/aromatic N) is 2. The van der Waals surface area contributed by atoms with E-state index in [1.54, 1.807) is 62.0 Å². The molecule has 3 heterocycles. The van der Waals surface area contributed by atoms with Crippen molar-refractivity contribution in [2.45, 2.75) is 6.04 Å². The van der Waals surface area contributed by atoms with Crippen LogP contribution in [-0.2, 0) is 4.79 Å². The highest BCUT2D eigenvalue weighted by Crippen LogP contribution is 2.41. The van der Waals surface area contributed by atoms with E-state index in [2.05, 4.69) is 4.98 Å². The molecule has 0 radical (unpaired) electrons. The lowest BCUT2D eigenvalue weighted by Gasteiger charge is -2.26. The SMILES string of the molecule is COc1ccc(N2C(=O)C(O)=C(C(=O)c3ccco3)C2c2cccnc2)cc1. The molecule has 1 unspecified atom stereocenters. The van der Waals surface area contributed by atoms with E-state index in [9.17, 15) is 14.7 Å². The summed E-state index contributed by atoms with van der Waals surface area (Å²) in [6, 6.07) is 12.4. The number of ether oxygens (including phenoxy) is 1. The molecular weight excluding hydrogens is 360 g/mol. The quantitative estimate of drug-likeness (QED) is 0.686. The Hall–Kier alpha value is -3.87. The fraction of sp³-hybridized carbons (Fsp3) is 0.0952. The zero-order chi connectivity index (χ0) is 19.7. The van der Waals surface area contributed by atoms with Gasteiger partial charge in [0.15, 0.2) is 11.5 Å². The smallest absolute Gasteiger partial charge is 0.294 e. The van der Waals surface area contributed by atoms with Crippen LogP contribution in [0.1, 0.15) is 22.2 Å². The summed E-state index contributed by atoms with van der Waals surface area (Å²) in [6.45, 7) is 0. The first-order valence-corrected chi connectivity index (χ1v) is 8.50. The van der Waals surface area contributed by atoms with Crippen molar-refractivity contribution in [2.24, 2.45) is 0 Å². The van der Waals surface area contributed by atoms with Crippen molar-refractivity contribution in [3.05, 3.63) is 89.8 Å². The summed E-state index contributed by atoms with van der Waals surface area (Å²) in [6.07, 6.45) is 4.51. The molecule has 4 rings (SSSR count). The predicted molar refractivity (Wildman–Crippen MR) is 100 cm³/mol. The summed E-state index contributed by atoms with van der Waals surface area (Å²) >= 11 is 0. The van der Waals surface area contributed by atoms with Gasteiger partial charge in [0.2, 0.25) is 5.78 Å². The molecule has 1 aliphatic rings. The highest BCUT2D eigenvalue weighted by molar-refractivity contribution is 6.20. The second-order valence-corrected chi connectivity index (χ2v) is 6.13. The first kappa shape index (κ1) is 17.5. The number of rotatable bonds is 5. The summed E-state index contributed by atoms with van der Waals surface area (Å²) in [4.78, 5) is 31.4. The van der Waals surface area contributed by atoms with E-state index in [1.807, 2.05) is 0 Å². The first-order valence-electron chi connectivity index (χ1n) is 8.50. The Morgan fingerprint density at radius 2 is 1.96 bits per heavy atom. The van der Waals surface area contributed by atoms with Crippen molar-refractivity contribution in [1.82, 2.24) is 4.98 Å². The van der Waals surface area contributed by atoms with E-state index >= 15 is 0 Å². The second kappa shape index (κ2) is 7.03. The third-order valence-electron chi connectivity index (χ3n) is 4.55. The molecular formula is C21H16N2O5. The summed E-state index contributed by atoms with van der Waals surface area (Å²) < 4.78 is 10.3. The molecule has 28 heavy (non-hydrogen) atoms. The van der Waals surface area contributed by atoms with Gasteiger partial charge in [-0.25, -0.2) is 0 Å². The van der Waals surface area contributed by atoms with Gasteiger partial charge in [-0.3, -0.25) is 19.5 Å². The maximum Gasteiger partial charge on any atom is 0.294 e. The molecule has 0 fully saturated rings. The first-order chi connectivity index (χ1) is 13.6. The van der Waals surface area contributed by atoms with Gasteiger partial charge in [0, 0.05) is 18.1 Å². The van der Waals surface area contributed by atoms with E-state index in [1.165, 1.54) is 17.2 Å². The van der Waals surface area contributed by atoms with Gasteiger partial charge in [-0.05, 0) is 48.0 Å². The van der Waals surface area contributed by atoms with Gasteiger partial charge >= 0.3 is 0 Å². The number of anilines is 1. The molecule has 1 N–H and O–H groups in total. The van der Waals surface area contributed by atoms with Crippen molar-refractivity contribution in [3.63, 3.8) is 0 Å². The second-order valence-electron chi connectivity index (χ2n) is 6.13. The van der Waals surface area contributed by atoms with Crippen molar-refractivity contribution in [2.75, 3.05) is 12.0 Å². The minimum absolute atomic E-state index is 0.0415. The van der Waals surface area contributed by atoms with Crippen LogP contribution in [0.5, 0.6) is 5.75 Å². The van der Waals surface area contributed by atoms with Gasteiger partial charge in [-0.2, -0.15) is 0 Å². The average molecular weight is 376 g/mol. The monoisotopic (exact) mass is 376 g/mol. The Bertz CT molecular complexity index is 1040. The maximum absolute atomic E-state index is 13.0. The van der Waals surface area contributed by atoms with Crippen LogP contribution in [0.4, 0.5) is 5.69 Å². The van der Waals surface area contributed by atoms with Crippen LogP contribution in [0.25, 0.3) is 0 Å².